The van der Waals surface area contributed by atoms with E-state index in [9.17, 15) is 13.2 Å². The number of amides is 1. The smallest absolute Gasteiger partial charge is 0.255 e. The van der Waals surface area contributed by atoms with Gasteiger partial charge < -0.3 is 15.8 Å². The summed E-state index contributed by atoms with van der Waals surface area (Å²) >= 11 is 6.00. The van der Waals surface area contributed by atoms with Crippen molar-refractivity contribution in [3.05, 3.63) is 22.7 Å². The van der Waals surface area contributed by atoms with Gasteiger partial charge in [-0.1, -0.05) is 11.6 Å². The van der Waals surface area contributed by atoms with Crippen LogP contribution in [0.5, 0.6) is 5.75 Å². The third-order valence-corrected chi connectivity index (χ3v) is 7.38. The van der Waals surface area contributed by atoms with Crippen molar-refractivity contribution in [3.8, 4) is 5.75 Å². The number of nitrogens with zero attached hydrogens (tertiary/aromatic N) is 1. The predicted octanol–water partition coefficient (Wildman–Crippen LogP) is 2.04. The van der Waals surface area contributed by atoms with Gasteiger partial charge in [0.1, 0.15) is 5.75 Å². The molecule has 1 aliphatic heterocycles. The van der Waals surface area contributed by atoms with Crippen molar-refractivity contribution < 1.29 is 17.9 Å². The van der Waals surface area contributed by atoms with Crippen molar-refractivity contribution in [2.75, 3.05) is 25.9 Å². The van der Waals surface area contributed by atoms with Gasteiger partial charge in [0.25, 0.3) is 5.91 Å². The molecule has 3 N–H and O–H groups in total. The SMILES string of the molecule is COc1cc(N)c(Cl)cc1C(=O)NC1CCN(S(=O)(=O)C2CC2)CC1.Cl. The van der Waals surface area contributed by atoms with E-state index in [-0.39, 0.29) is 34.6 Å². The number of rotatable bonds is 5. The van der Waals surface area contributed by atoms with E-state index >= 15 is 0 Å². The van der Waals surface area contributed by atoms with E-state index in [0.29, 0.717) is 42.9 Å². The Balaban J connectivity index is 0.00000243. The fourth-order valence-electron chi connectivity index (χ4n) is 3.01. The van der Waals surface area contributed by atoms with Gasteiger partial charge in [-0.2, -0.15) is 0 Å². The second-order valence-corrected chi connectivity index (χ2v) is 9.09. The van der Waals surface area contributed by atoms with E-state index in [1.807, 2.05) is 0 Å². The van der Waals surface area contributed by atoms with Crippen molar-refractivity contribution in [2.24, 2.45) is 0 Å². The van der Waals surface area contributed by atoms with Crippen molar-refractivity contribution in [1.29, 1.82) is 0 Å². The Morgan fingerprint density at radius 1 is 1.27 bits per heavy atom. The zero-order valence-corrected chi connectivity index (χ0v) is 16.8. The lowest BCUT2D eigenvalue weighted by atomic mass is 10.1. The second kappa shape index (κ2) is 8.21. The maximum absolute atomic E-state index is 12.5. The Morgan fingerprint density at radius 3 is 2.42 bits per heavy atom. The number of nitrogen functional groups attached to an aromatic ring is 1. The molecule has 0 atom stereocenters. The molecule has 1 heterocycles. The number of sulfonamides is 1. The molecular formula is C16H23Cl2N3O4S. The minimum Gasteiger partial charge on any atom is -0.496 e. The van der Waals surface area contributed by atoms with Crippen molar-refractivity contribution in [2.45, 2.75) is 37.0 Å². The summed E-state index contributed by atoms with van der Waals surface area (Å²) in [5.74, 6) is 0.0513. The van der Waals surface area contributed by atoms with Gasteiger partial charge in [-0.3, -0.25) is 4.79 Å². The summed E-state index contributed by atoms with van der Waals surface area (Å²) in [4.78, 5) is 12.5. The minimum atomic E-state index is -3.14. The van der Waals surface area contributed by atoms with E-state index in [4.69, 9.17) is 22.1 Å². The lowest BCUT2D eigenvalue weighted by Gasteiger charge is -2.31. The van der Waals surface area contributed by atoms with Crippen molar-refractivity contribution >= 4 is 45.6 Å². The van der Waals surface area contributed by atoms with Crippen molar-refractivity contribution in [1.82, 2.24) is 9.62 Å². The molecule has 2 fully saturated rings. The Hall–Kier alpha value is -1.22. The van der Waals surface area contributed by atoms with Gasteiger partial charge in [0.05, 0.1) is 28.6 Å². The number of halogens is 2. The van der Waals surface area contributed by atoms with Crippen molar-refractivity contribution in [3.63, 3.8) is 0 Å². The zero-order valence-electron chi connectivity index (χ0n) is 14.4. The Kier molecular flexibility index (Phi) is 6.65. The van der Waals surface area contributed by atoms with Crippen LogP contribution in [0.4, 0.5) is 5.69 Å². The number of anilines is 1. The number of carbonyl (C=O) groups excluding carboxylic acids is 1. The molecule has 1 aromatic rings. The van der Waals surface area contributed by atoms with Gasteiger partial charge >= 0.3 is 0 Å². The highest BCUT2D eigenvalue weighted by Crippen LogP contribution is 2.32. The van der Waals surface area contributed by atoms with Gasteiger partial charge in [0.15, 0.2) is 0 Å². The van der Waals surface area contributed by atoms with Gasteiger partial charge in [-0.15, -0.1) is 12.4 Å². The van der Waals surface area contributed by atoms with E-state index in [0.717, 1.165) is 12.8 Å². The first-order valence-corrected chi connectivity index (χ1v) is 10.1. The third-order valence-electron chi connectivity index (χ3n) is 4.66. The van der Waals surface area contributed by atoms with Crippen LogP contribution in [0.3, 0.4) is 0 Å². The summed E-state index contributed by atoms with van der Waals surface area (Å²) < 4.78 is 31.2. The van der Waals surface area contributed by atoms with E-state index in [1.165, 1.54) is 19.2 Å². The topological polar surface area (TPSA) is 102 Å². The first-order chi connectivity index (χ1) is 11.8. The number of hydrogen-bond donors (Lipinski definition) is 2. The lowest BCUT2D eigenvalue weighted by molar-refractivity contribution is 0.0921. The summed E-state index contributed by atoms with van der Waals surface area (Å²) in [6, 6.07) is 2.92. The number of ether oxygens (including phenoxy) is 1. The molecule has 10 heteroatoms. The molecular weight excluding hydrogens is 401 g/mol. The number of carbonyl (C=O) groups is 1. The molecule has 0 aromatic heterocycles. The Morgan fingerprint density at radius 2 is 1.88 bits per heavy atom. The molecule has 0 spiro atoms. The van der Waals surface area contributed by atoms with Crippen LogP contribution in [0.1, 0.15) is 36.0 Å². The highest BCUT2D eigenvalue weighted by atomic mass is 35.5. The van der Waals surface area contributed by atoms with E-state index in [2.05, 4.69) is 5.32 Å². The monoisotopic (exact) mass is 423 g/mol. The number of nitrogens with two attached hydrogens (primary N) is 1. The summed E-state index contributed by atoms with van der Waals surface area (Å²) in [5.41, 5.74) is 6.38. The van der Waals surface area contributed by atoms with Crippen LogP contribution < -0.4 is 15.8 Å². The van der Waals surface area contributed by atoms with Crippen LogP contribution in [0.2, 0.25) is 5.02 Å². The number of piperidine rings is 1. The molecule has 0 bridgehead atoms. The van der Waals surface area contributed by atoms with E-state index < -0.39 is 10.0 Å². The summed E-state index contributed by atoms with van der Waals surface area (Å²) in [7, 11) is -1.69. The number of nitrogens with one attached hydrogen (secondary N) is 1. The van der Waals surface area contributed by atoms with E-state index in [1.54, 1.807) is 4.31 Å². The molecule has 146 valence electrons. The molecule has 1 amide bonds. The minimum absolute atomic E-state index is 0. The molecule has 1 saturated carbocycles. The van der Waals surface area contributed by atoms with Crippen LogP contribution >= 0.6 is 24.0 Å². The quantitative estimate of drug-likeness (QED) is 0.705. The van der Waals surface area contributed by atoms with Crippen LogP contribution in [0, 0.1) is 0 Å². The number of hydrogen-bond acceptors (Lipinski definition) is 5. The molecule has 3 rings (SSSR count). The zero-order chi connectivity index (χ0) is 18.2. The standard InChI is InChI=1S/C16H22ClN3O4S.ClH/c1-24-15-9-14(18)13(17)8-12(15)16(21)19-10-4-6-20(7-5-10)25(22,23)11-2-3-11;/h8-11H,2-7,18H2,1H3,(H,19,21);1H. The highest BCUT2D eigenvalue weighted by molar-refractivity contribution is 7.90. The fourth-order valence-corrected chi connectivity index (χ4v) is 5.05. The van der Waals surface area contributed by atoms with Gasteiger partial charge in [0, 0.05) is 25.2 Å². The summed E-state index contributed by atoms with van der Waals surface area (Å²) in [6.45, 7) is 0.868. The Bertz CT molecular complexity index is 776. The molecule has 26 heavy (non-hydrogen) atoms. The maximum atomic E-state index is 12.5. The lowest BCUT2D eigenvalue weighted by Crippen LogP contribution is -2.47. The molecule has 7 nitrogen and oxygen atoms in total. The Labute approximate surface area is 164 Å². The average molecular weight is 424 g/mol. The second-order valence-electron chi connectivity index (χ2n) is 6.47. The van der Waals surface area contributed by atoms with Crippen LogP contribution in [-0.4, -0.2) is 50.1 Å². The number of methoxy groups -OCH3 is 1. The summed E-state index contributed by atoms with van der Waals surface area (Å²) in [5, 5.41) is 3.03. The largest absolute Gasteiger partial charge is 0.496 e. The summed E-state index contributed by atoms with van der Waals surface area (Å²) in [6.07, 6.45) is 2.69. The average Bonchev–Trinajstić information content (AvgIpc) is 3.43. The van der Waals surface area contributed by atoms with Gasteiger partial charge in [-0.25, -0.2) is 12.7 Å². The molecule has 0 unspecified atom stereocenters. The van der Waals surface area contributed by atoms with Gasteiger partial charge in [-0.05, 0) is 31.7 Å². The normalized spacial score (nSPS) is 18.8. The molecule has 0 radical (unpaired) electrons. The molecule has 2 aliphatic rings. The fraction of sp³-hybridized carbons (Fsp3) is 0.562. The highest BCUT2D eigenvalue weighted by Gasteiger charge is 2.41. The number of benzene rings is 1. The predicted molar refractivity (Wildman–Crippen MR) is 104 cm³/mol. The molecule has 1 aromatic carbocycles. The maximum Gasteiger partial charge on any atom is 0.255 e. The van der Waals surface area contributed by atoms with Crippen LogP contribution in [0.15, 0.2) is 12.1 Å². The van der Waals surface area contributed by atoms with Crippen LogP contribution in [0.25, 0.3) is 0 Å². The molecule has 1 saturated heterocycles. The molecule has 1 aliphatic carbocycles. The first-order valence-electron chi connectivity index (χ1n) is 8.25. The third kappa shape index (κ3) is 4.36. The first kappa shape index (κ1) is 21.1. The van der Waals surface area contributed by atoms with Gasteiger partial charge in [0.2, 0.25) is 10.0 Å². The van der Waals surface area contributed by atoms with Crippen LogP contribution in [-0.2, 0) is 10.0 Å².